The molecule has 10 rings (SSSR count). The van der Waals surface area contributed by atoms with Crippen LogP contribution in [0, 0.1) is 0 Å². The Morgan fingerprint density at radius 2 is 0.942 bits per heavy atom. The van der Waals surface area contributed by atoms with Crippen molar-refractivity contribution in [3.63, 3.8) is 0 Å². The van der Waals surface area contributed by atoms with Gasteiger partial charge in [0.05, 0.1) is 12.5 Å². The van der Waals surface area contributed by atoms with Gasteiger partial charge in [0.1, 0.15) is 0 Å². The van der Waals surface area contributed by atoms with E-state index in [2.05, 4.69) is 205 Å². The van der Waals surface area contributed by atoms with E-state index in [1.807, 2.05) is 6.07 Å². The van der Waals surface area contributed by atoms with Crippen LogP contribution >= 0.6 is 0 Å². The van der Waals surface area contributed by atoms with Gasteiger partial charge in [-0.15, -0.1) is 0 Å². The van der Waals surface area contributed by atoms with Crippen LogP contribution in [0.4, 0.5) is 17.1 Å². The van der Waals surface area contributed by atoms with Crippen molar-refractivity contribution >= 4 is 38.6 Å². The zero-order valence-electron chi connectivity index (χ0n) is 29.6. The molecule has 1 heteroatoms. The summed E-state index contributed by atoms with van der Waals surface area (Å²) < 4.78 is 9.44. The maximum Gasteiger partial charge on any atom is 0.0714 e. The summed E-state index contributed by atoms with van der Waals surface area (Å²) in [7, 11) is 0. The first-order chi connectivity index (χ1) is 26.2. The predicted molar refractivity (Wildman–Crippen MR) is 219 cm³/mol. The normalized spacial score (nSPS) is 13.0. The van der Waals surface area contributed by atoms with Crippen molar-refractivity contribution in [2.24, 2.45) is 0 Å². The zero-order chi connectivity index (χ0) is 35.4. The Morgan fingerprint density at radius 1 is 0.385 bits per heavy atom. The monoisotopic (exact) mass is 662 g/mol. The standard InChI is InChI=1S/C51H35N/c1-2-19-39(20-3-1)51(48-28-10-8-25-46(48)47-26-9-11-29-49(47)51)40-21-14-22-42(35-40)52(50-30-13-18-37-16-5-7-24-45(37)50)41-33-31-38(32-34-41)44-27-12-17-36-15-4-6-23-43(36)44/h1-35H/i14D. The third-order valence-electron chi connectivity index (χ3n) is 10.9. The molecule has 0 bridgehead atoms. The van der Waals surface area contributed by atoms with E-state index in [-0.39, 0.29) is 0 Å². The number of benzene rings is 9. The van der Waals surface area contributed by atoms with E-state index in [4.69, 9.17) is 0 Å². The van der Waals surface area contributed by atoms with Gasteiger partial charge in [0.25, 0.3) is 0 Å². The molecule has 1 aliphatic rings. The summed E-state index contributed by atoms with van der Waals surface area (Å²) in [6, 6.07) is 74.3. The third kappa shape index (κ3) is 4.63. The van der Waals surface area contributed by atoms with Crippen molar-refractivity contribution < 1.29 is 1.37 Å². The average Bonchev–Trinajstić information content (AvgIpc) is 3.52. The molecule has 0 spiro atoms. The largest absolute Gasteiger partial charge is 0.310 e. The van der Waals surface area contributed by atoms with E-state index in [0.29, 0.717) is 6.04 Å². The lowest BCUT2D eigenvalue weighted by atomic mass is 9.67. The second-order valence-corrected chi connectivity index (χ2v) is 13.6. The van der Waals surface area contributed by atoms with Crippen molar-refractivity contribution in [1.29, 1.82) is 0 Å². The highest BCUT2D eigenvalue weighted by atomic mass is 15.1. The van der Waals surface area contributed by atoms with Gasteiger partial charge in [-0.25, -0.2) is 0 Å². The molecule has 0 aliphatic heterocycles. The van der Waals surface area contributed by atoms with Gasteiger partial charge in [-0.1, -0.05) is 182 Å². The first kappa shape index (κ1) is 29.1. The maximum atomic E-state index is 9.44. The Labute approximate surface area is 306 Å². The topological polar surface area (TPSA) is 3.24 Å². The van der Waals surface area contributed by atoms with Crippen molar-refractivity contribution in [3.05, 3.63) is 235 Å². The van der Waals surface area contributed by atoms with Crippen LogP contribution in [0.3, 0.4) is 0 Å². The number of hydrogen-bond donors (Lipinski definition) is 0. The number of fused-ring (bicyclic) bond motifs is 5. The highest BCUT2D eigenvalue weighted by Gasteiger charge is 2.46. The molecule has 1 aliphatic carbocycles. The minimum atomic E-state index is -0.608. The second-order valence-electron chi connectivity index (χ2n) is 13.6. The van der Waals surface area contributed by atoms with Gasteiger partial charge in [-0.2, -0.15) is 0 Å². The molecular weight excluding hydrogens is 627 g/mol. The maximum absolute atomic E-state index is 9.44. The molecule has 1 nitrogen and oxygen atoms in total. The fourth-order valence-electron chi connectivity index (χ4n) is 8.61. The molecule has 0 heterocycles. The van der Waals surface area contributed by atoms with E-state index in [1.54, 1.807) is 0 Å². The van der Waals surface area contributed by atoms with Crippen LogP contribution in [0.2, 0.25) is 0 Å². The SMILES string of the molecule is [2H]c1cc(N(c2ccc(-c3cccc4ccccc34)cc2)c2cccc3ccccc23)cc(C2(c3ccccc3)c3ccccc3-c3ccccc32)c1. The summed E-state index contributed by atoms with van der Waals surface area (Å²) in [6.45, 7) is 0. The minimum absolute atomic E-state index is 0.465. The Balaban J connectivity index is 1.22. The molecule has 0 fully saturated rings. The molecule has 0 amide bonds. The van der Waals surface area contributed by atoms with E-state index < -0.39 is 5.41 Å². The van der Waals surface area contributed by atoms with Crippen molar-refractivity contribution in [1.82, 2.24) is 0 Å². The molecule has 244 valence electrons. The van der Waals surface area contributed by atoms with E-state index in [9.17, 15) is 1.37 Å². The van der Waals surface area contributed by atoms with Gasteiger partial charge < -0.3 is 4.90 Å². The molecule has 0 atom stereocenters. The fourth-order valence-corrected chi connectivity index (χ4v) is 8.61. The summed E-state index contributed by atoms with van der Waals surface area (Å²) in [5, 5.41) is 4.79. The Bertz CT molecular complexity index is 2750. The van der Waals surface area contributed by atoms with Gasteiger partial charge in [-0.3, -0.25) is 0 Å². The van der Waals surface area contributed by atoms with Crippen molar-refractivity contribution in [2.45, 2.75) is 5.41 Å². The van der Waals surface area contributed by atoms with E-state index in [0.717, 1.165) is 28.0 Å². The summed E-state index contributed by atoms with van der Waals surface area (Å²) in [4.78, 5) is 2.34. The predicted octanol–water partition coefficient (Wildman–Crippen LogP) is 13.5. The molecule has 0 saturated carbocycles. The Morgan fingerprint density at radius 3 is 1.67 bits per heavy atom. The zero-order valence-corrected chi connectivity index (χ0v) is 28.6. The van der Waals surface area contributed by atoms with Gasteiger partial charge >= 0.3 is 0 Å². The smallest absolute Gasteiger partial charge is 0.0714 e. The fraction of sp³-hybridized carbons (Fsp3) is 0.0196. The summed E-state index contributed by atoms with van der Waals surface area (Å²) in [6.07, 6.45) is 0. The lowest BCUT2D eigenvalue weighted by Crippen LogP contribution is -2.28. The Kier molecular flexibility index (Phi) is 6.86. The number of anilines is 3. The van der Waals surface area contributed by atoms with Crippen LogP contribution < -0.4 is 4.90 Å². The van der Waals surface area contributed by atoms with Crippen LogP contribution in [0.25, 0.3) is 43.8 Å². The lowest BCUT2D eigenvalue weighted by molar-refractivity contribution is 0.768. The lowest BCUT2D eigenvalue weighted by Gasteiger charge is -2.35. The molecule has 0 N–H and O–H groups in total. The quantitative estimate of drug-likeness (QED) is 0.171. The average molecular weight is 663 g/mol. The molecular formula is C51H35N. The highest BCUT2D eigenvalue weighted by molar-refractivity contribution is 6.00. The summed E-state index contributed by atoms with van der Waals surface area (Å²) in [5.41, 5.74) is 12.0. The molecule has 0 unspecified atom stereocenters. The van der Waals surface area contributed by atoms with Gasteiger partial charge in [0.15, 0.2) is 0 Å². The second kappa shape index (κ2) is 12.3. The van der Waals surface area contributed by atoms with Gasteiger partial charge in [0.2, 0.25) is 0 Å². The summed E-state index contributed by atoms with van der Waals surface area (Å²) in [5.74, 6) is 0. The summed E-state index contributed by atoms with van der Waals surface area (Å²) >= 11 is 0. The molecule has 9 aromatic rings. The van der Waals surface area contributed by atoms with Crippen molar-refractivity contribution in [3.8, 4) is 22.3 Å². The molecule has 0 radical (unpaired) electrons. The molecule has 52 heavy (non-hydrogen) atoms. The first-order valence-electron chi connectivity index (χ1n) is 18.4. The number of nitrogens with zero attached hydrogens (tertiary/aromatic N) is 1. The molecule has 0 aromatic heterocycles. The van der Waals surface area contributed by atoms with E-state index >= 15 is 0 Å². The molecule has 9 aromatic carbocycles. The van der Waals surface area contributed by atoms with Crippen LogP contribution in [0.5, 0.6) is 0 Å². The van der Waals surface area contributed by atoms with Gasteiger partial charge in [0, 0.05) is 16.8 Å². The first-order valence-corrected chi connectivity index (χ1v) is 17.9. The third-order valence-corrected chi connectivity index (χ3v) is 10.9. The minimum Gasteiger partial charge on any atom is -0.310 e. The van der Waals surface area contributed by atoms with Crippen LogP contribution in [0.15, 0.2) is 212 Å². The van der Waals surface area contributed by atoms with Crippen molar-refractivity contribution in [2.75, 3.05) is 4.90 Å². The number of rotatable bonds is 6. The molecule has 0 saturated heterocycles. The van der Waals surface area contributed by atoms with Gasteiger partial charge in [-0.05, 0) is 91.0 Å². The van der Waals surface area contributed by atoms with E-state index in [1.165, 1.54) is 55.1 Å². The number of hydrogen-bond acceptors (Lipinski definition) is 1. The Hall–Kier alpha value is -6.70. The van der Waals surface area contributed by atoms with Crippen LogP contribution in [-0.4, -0.2) is 0 Å². The van der Waals surface area contributed by atoms with Crippen LogP contribution in [0.1, 0.15) is 23.6 Å². The highest BCUT2D eigenvalue weighted by Crippen LogP contribution is 2.56. The van der Waals surface area contributed by atoms with Crippen LogP contribution in [-0.2, 0) is 5.41 Å².